The van der Waals surface area contributed by atoms with E-state index in [0.29, 0.717) is 30.7 Å². The fourth-order valence-electron chi connectivity index (χ4n) is 7.23. The molecule has 6 heteroatoms. The highest BCUT2D eigenvalue weighted by atomic mass is 16.5. The van der Waals surface area contributed by atoms with Gasteiger partial charge in [0.05, 0.1) is 17.0 Å². The molecule has 2 heterocycles. The molecule has 2 fully saturated rings. The number of ether oxygens (including phenoxy) is 1. The van der Waals surface area contributed by atoms with Crippen LogP contribution in [-0.2, 0) is 17.6 Å². The number of aryl methyl sites for hydroxylation is 2. The number of amides is 1. The normalized spacial score (nSPS) is 25.9. The Labute approximate surface area is 223 Å². The van der Waals surface area contributed by atoms with Crippen LogP contribution < -0.4 is 10.4 Å². The van der Waals surface area contributed by atoms with Crippen molar-refractivity contribution >= 4 is 16.9 Å². The Morgan fingerprint density at radius 3 is 2.63 bits per heavy atom. The number of hydrogen-bond donors (Lipinski definition) is 1. The quantitative estimate of drug-likeness (QED) is 0.455. The van der Waals surface area contributed by atoms with Gasteiger partial charge in [-0.15, -0.1) is 0 Å². The largest absolute Gasteiger partial charge is 0.480 e. The van der Waals surface area contributed by atoms with Gasteiger partial charge in [-0.1, -0.05) is 43.2 Å². The first-order valence-corrected chi connectivity index (χ1v) is 14.2. The van der Waals surface area contributed by atoms with Crippen molar-refractivity contribution in [1.82, 2.24) is 4.90 Å². The number of nitrogens with zero attached hydrogens (tertiary/aromatic N) is 1. The number of benzene rings is 2. The van der Waals surface area contributed by atoms with Crippen molar-refractivity contribution in [3.05, 3.63) is 75.1 Å². The molecule has 1 saturated carbocycles. The second-order valence-electron chi connectivity index (χ2n) is 11.5. The number of likely N-dealkylation sites (tertiary alicyclic amines) is 1. The Bertz CT molecular complexity index is 1410. The summed E-state index contributed by atoms with van der Waals surface area (Å²) >= 11 is 0. The molecule has 200 valence electrons. The molecule has 6 rings (SSSR count). The molecular formula is C32H37NO5. The summed E-state index contributed by atoms with van der Waals surface area (Å²) in [6.45, 7) is 4.25. The maximum absolute atomic E-state index is 14.1. The van der Waals surface area contributed by atoms with Gasteiger partial charge >= 0.3 is 5.63 Å². The van der Waals surface area contributed by atoms with Gasteiger partial charge in [0.1, 0.15) is 11.3 Å². The molecule has 2 aliphatic carbocycles. The number of fused-ring (bicyclic) bond motifs is 4. The molecule has 0 spiro atoms. The lowest BCUT2D eigenvalue weighted by atomic mass is 9.66. The molecule has 3 aromatic rings. The minimum atomic E-state index is -0.733. The number of carbonyl (C=O) groups is 1. The zero-order chi connectivity index (χ0) is 26.4. The summed E-state index contributed by atoms with van der Waals surface area (Å²) in [5, 5.41) is 12.4. The van der Waals surface area contributed by atoms with Crippen molar-refractivity contribution in [2.24, 2.45) is 5.92 Å². The summed E-state index contributed by atoms with van der Waals surface area (Å²) in [6.07, 6.45) is 7.17. The highest BCUT2D eigenvalue weighted by molar-refractivity contribution is 5.89. The van der Waals surface area contributed by atoms with E-state index in [1.165, 1.54) is 0 Å². The Morgan fingerprint density at radius 2 is 1.84 bits per heavy atom. The van der Waals surface area contributed by atoms with Crippen LogP contribution in [0, 0.1) is 12.8 Å². The third-order valence-corrected chi connectivity index (χ3v) is 9.07. The van der Waals surface area contributed by atoms with Gasteiger partial charge in [0, 0.05) is 18.0 Å². The summed E-state index contributed by atoms with van der Waals surface area (Å²) in [6, 6.07) is 13.8. The van der Waals surface area contributed by atoms with Crippen molar-refractivity contribution in [1.29, 1.82) is 0 Å². The van der Waals surface area contributed by atoms with Gasteiger partial charge in [-0.05, 0) is 87.6 Å². The molecule has 0 radical (unpaired) electrons. The SMILES string of the molecule is Cc1cc(O[C@H](C)C(=O)N2CC[C@@]3(O)CCCC[C@H]3[C@@H]2c2ccccc2)c2c3c(c(=O)oc2c1)CCCC3. The number of hydrogen-bond acceptors (Lipinski definition) is 5. The predicted molar refractivity (Wildman–Crippen MR) is 146 cm³/mol. The summed E-state index contributed by atoms with van der Waals surface area (Å²) in [5.41, 5.74) is 3.26. The zero-order valence-electron chi connectivity index (χ0n) is 22.4. The number of aliphatic hydroxyl groups is 1. The van der Waals surface area contributed by atoms with E-state index in [4.69, 9.17) is 9.15 Å². The number of carbonyl (C=O) groups excluding carboxylic acids is 1. The van der Waals surface area contributed by atoms with Crippen molar-refractivity contribution in [2.75, 3.05) is 6.54 Å². The molecule has 2 aromatic carbocycles. The van der Waals surface area contributed by atoms with Gasteiger partial charge in [0.25, 0.3) is 5.91 Å². The minimum absolute atomic E-state index is 0.00430. The van der Waals surface area contributed by atoms with Crippen LogP contribution in [0.15, 0.2) is 51.7 Å². The van der Waals surface area contributed by atoms with Crippen LogP contribution in [0.25, 0.3) is 11.0 Å². The summed E-state index contributed by atoms with van der Waals surface area (Å²) in [4.78, 5) is 28.7. The van der Waals surface area contributed by atoms with E-state index in [2.05, 4.69) is 12.1 Å². The molecule has 6 nitrogen and oxygen atoms in total. The third kappa shape index (κ3) is 4.33. The van der Waals surface area contributed by atoms with Crippen LogP contribution in [0.2, 0.25) is 0 Å². The molecular weight excluding hydrogens is 478 g/mol. The molecule has 4 atom stereocenters. The van der Waals surface area contributed by atoms with E-state index in [-0.39, 0.29) is 23.5 Å². The van der Waals surface area contributed by atoms with E-state index in [0.717, 1.165) is 72.6 Å². The van der Waals surface area contributed by atoms with Crippen LogP contribution in [0.4, 0.5) is 0 Å². The molecule has 3 aliphatic rings. The summed E-state index contributed by atoms with van der Waals surface area (Å²) < 4.78 is 12.2. The Hall–Kier alpha value is -3.12. The lowest BCUT2D eigenvalue weighted by Crippen LogP contribution is -2.58. The van der Waals surface area contributed by atoms with Crippen molar-refractivity contribution in [3.8, 4) is 5.75 Å². The van der Waals surface area contributed by atoms with Crippen LogP contribution in [0.5, 0.6) is 5.75 Å². The van der Waals surface area contributed by atoms with Crippen LogP contribution in [-0.4, -0.2) is 34.2 Å². The Kier molecular flexibility index (Phi) is 6.55. The van der Waals surface area contributed by atoms with Crippen LogP contribution >= 0.6 is 0 Å². The maximum Gasteiger partial charge on any atom is 0.339 e. The van der Waals surface area contributed by atoms with Crippen molar-refractivity contribution < 1.29 is 19.1 Å². The zero-order valence-corrected chi connectivity index (χ0v) is 22.4. The molecule has 1 N–H and O–H groups in total. The highest BCUT2D eigenvalue weighted by Gasteiger charge is 2.50. The molecule has 0 bridgehead atoms. The van der Waals surface area contributed by atoms with E-state index < -0.39 is 11.7 Å². The average molecular weight is 516 g/mol. The maximum atomic E-state index is 14.1. The Morgan fingerprint density at radius 1 is 1.08 bits per heavy atom. The predicted octanol–water partition coefficient (Wildman–Crippen LogP) is 5.64. The molecule has 0 unspecified atom stereocenters. The van der Waals surface area contributed by atoms with E-state index in [9.17, 15) is 14.7 Å². The monoisotopic (exact) mass is 515 g/mol. The molecule has 1 aliphatic heterocycles. The van der Waals surface area contributed by atoms with E-state index >= 15 is 0 Å². The van der Waals surface area contributed by atoms with Crippen LogP contribution in [0.3, 0.4) is 0 Å². The minimum Gasteiger partial charge on any atom is -0.480 e. The van der Waals surface area contributed by atoms with Crippen molar-refractivity contribution in [3.63, 3.8) is 0 Å². The third-order valence-electron chi connectivity index (χ3n) is 9.07. The van der Waals surface area contributed by atoms with E-state index in [1.54, 1.807) is 0 Å². The lowest BCUT2D eigenvalue weighted by Gasteiger charge is -2.53. The second kappa shape index (κ2) is 9.88. The topological polar surface area (TPSA) is 80.0 Å². The molecule has 1 amide bonds. The average Bonchev–Trinajstić information content (AvgIpc) is 2.92. The smallest absolute Gasteiger partial charge is 0.339 e. The fourth-order valence-corrected chi connectivity index (χ4v) is 7.23. The summed E-state index contributed by atoms with van der Waals surface area (Å²) in [7, 11) is 0. The van der Waals surface area contributed by atoms with E-state index in [1.807, 2.05) is 49.1 Å². The number of rotatable bonds is 4. The molecule has 38 heavy (non-hydrogen) atoms. The first kappa shape index (κ1) is 25.2. The first-order chi connectivity index (χ1) is 18.4. The van der Waals surface area contributed by atoms with Crippen molar-refractivity contribution in [2.45, 2.75) is 89.4 Å². The standard InChI is InChI=1S/C32H37NO5/c1-20-18-26(28-23-12-6-7-13-24(23)31(35)38-27(28)19-20)37-21(2)30(34)33-17-16-32(36)15-9-8-14-25(32)29(33)22-10-4-3-5-11-22/h3-5,10-11,18-19,21,25,29,36H,6-9,12-17H2,1-2H3/t21-,25+,29+,32+/m1/s1. The molecule has 1 aromatic heterocycles. The Balaban J connectivity index is 1.35. The van der Waals surface area contributed by atoms with Crippen LogP contribution in [0.1, 0.15) is 80.2 Å². The first-order valence-electron chi connectivity index (χ1n) is 14.2. The summed E-state index contributed by atoms with van der Waals surface area (Å²) in [5.74, 6) is 0.530. The van der Waals surface area contributed by atoms with Gasteiger partial charge in [-0.2, -0.15) is 0 Å². The lowest BCUT2D eigenvalue weighted by molar-refractivity contribution is -0.161. The molecule has 1 saturated heterocycles. The highest BCUT2D eigenvalue weighted by Crippen LogP contribution is 2.49. The van der Waals surface area contributed by atoms with Gasteiger partial charge < -0.3 is 19.2 Å². The van der Waals surface area contributed by atoms with Gasteiger partial charge in [0.2, 0.25) is 0 Å². The fraction of sp³-hybridized carbons (Fsp3) is 0.500. The number of piperidine rings is 1. The van der Waals surface area contributed by atoms with Gasteiger partial charge in [0.15, 0.2) is 6.10 Å². The second-order valence-corrected chi connectivity index (χ2v) is 11.5. The van der Waals surface area contributed by atoms with Gasteiger partial charge in [-0.25, -0.2) is 4.79 Å². The van der Waals surface area contributed by atoms with Gasteiger partial charge in [-0.3, -0.25) is 4.79 Å².